The van der Waals surface area contributed by atoms with E-state index < -0.39 is 11.8 Å². The molecule has 17 heavy (non-hydrogen) atoms. The Morgan fingerprint density at radius 1 is 1.41 bits per heavy atom. The second-order valence-corrected chi connectivity index (χ2v) is 4.75. The highest BCUT2D eigenvalue weighted by atomic mass is 35.5. The van der Waals surface area contributed by atoms with Gasteiger partial charge >= 0.3 is 0 Å². The Balaban J connectivity index is 2.32. The van der Waals surface area contributed by atoms with Crippen LogP contribution >= 0.6 is 23.2 Å². The first kappa shape index (κ1) is 12.2. The molecule has 0 saturated carbocycles. The van der Waals surface area contributed by atoms with Crippen molar-refractivity contribution in [1.29, 1.82) is 0 Å². The Kier molecular flexibility index (Phi) is 3.26. The van der Waals surface area contributed by atoms with Crippen LogP contribution < -0.4 is 10.6 Å². The van der Waals surface area contributed by atoms with Gasteiger partial charge in [-0.15, -0.1) is 0 Å². The molecule has 0 spiro atoms. The number of amides is 2. The van der Waals surface area contributed by atoms with E-state index in [-0.39, 0.29) is 18.9 Å². The number of carbonyl (C=O) groups excluding carboxylic acids is 2. The molecule has 1 aliphatic heterocycles. The summed E-state index contributed by atoms with van der Waals surface area (Å²) in [5, 5.41) is 0.910. The summed E-state index contributed by atoms with van der Waals surface area (Å²) in [4.78, 5) is 24.3. The number of primary amides is 1. The third-order valence-corrected chi connectivity index (χ3v) is 3.28. The zero-order chi connectivity index (χ0) is 12.6. The molecular weight excluding hydrogens is 263 g/mol. The van der Waals surface area contributed by atoms with Crippen molar-refractivity contribution in [1.82, 2.24) is 0 Å². The van der Waals surface area contributed by atoms with Gasteiger partial charge in [-0.2, -0.15) is 0 Å². The van der Waals surface area contributed by atoms with Gasteiger partial charge in [-0.3, -0.25) is 9.59 Å². The molecule has 6 heteroatoms. The van der Waals surface area contributed by atoms with Crippen LogP contribution in [0.4, 0.5) is 5.69 Å². The van der Waals surface area contributed by atoms with Gasteiger partial charge in [-0.05, 0) is 18.2 Å². The first-order valence-electron chi connectivity index (χ1n) is 5.04. The monoisotopic (exact) mass is 272 g/mol. The Labute approximate surface area is 108 Å². The topological polar surface area (TPSA) is 63.4 Å². The SMILES string of the molecule is NC(=O)[C@@H]1CC(=O)N(c2cc(Cl)ccc2Cl)C1. The van der Waals surface area contributed by atoms with E-state index in [4.69, 9.17) is 28.9 Å². The third kappa shape index (κ3) is 2.37. The molecular formula is C11H10Cl2N2O2. The molecule has 1 saturated heterocycles. The van der Waals surface area contributed by atoms with Crippen molar-refractivity contribution in [2.75, 3.05) is 11.4 Å². The summed E-state index contributed by atoms with van der Waals surface area (Å²) in [5.74, 6) is -1.10. The van der Waals surface area contributed by atoms with Crippen molar-refractivity contribution in [3.05, 3.63) is 28.2 Å². The van der Waals surface area contributed by atoms with Crippen LogP contribution in [0.1, 0.15) is 6.42 Å². The van der Waals surface area contributed by atoms with E-state index in [2.05, 4.69) is 0 Å². The number of benzene rings is 1. The molecule has 2 rings (SSSR count). The molecule has 2 N–H and O–H groups in total. The molecule has 90 valence electrons. The Morgan fingerprint density at radius 3 is 2.71 bits per heavy atom. The predicted octanol–water partition coefficient (Wildman–Crippen LogP) is 1.83. The van der Waals surface area contributed by atoms with E-state index in [1.54, 1.807) is 18.2 Å². The van der Waals surface area contributed by atoms with E-state index >= 15 is 0 Å². The number of anilines is 1. The first-order valence-corrected chi connectivity index (χ1v) is 5.79. The number of carbonyl (C=O) groups is 2. The van der Waals surface area contributed by atoms with Gasteiger partial charge in [0.15, 0.2) is 0 Å². The molecule has 1 aromatic rings. The predicted molar refractivity (Wildman–Crippen MR) is 66.1 cm³/mol. The van der Waals surface area contributed by atoms with Crippen LogP contribution in [0.25, 0.3) is 0 Å². The van der Waals surface area contributed by atoms with Gasteiger partial charge in [0.1, 0.15) is 0 Å². The quantitative estimate of drug-likeness (QED) is 0.893. The zero-order valence-corrected chi connectivity index (χ0v) is 10.3. The van der Waals surface area contributed by atoms with Crippen LogP contribution in [0.5, 0.6) is 0 Å². The Hall–Kier alpha value is -1.26. The van der Waals surface area contributed by atoms with E-state index in [1.165, 1.54) is 4.90 Å². The lowest BCUT2D eigenvalue weighted by Crippen LogP contribution is -2.28. The maximum atomic E-state index is 11.8. The van der Waals surface area contributed by atoms with Gasteiger partial charge in [-0.25, -0.2) is 0 Å². The molecule has 1 atom stereocenters. The van der Waals surface area contributed by atoms with Crippen molar-refractivity contribution >= 4 is 40.7 Å². The number of hydrogen-bond donors (Lipinski definition) is 1. The van der Waals surface area contributed by atoms with E-state index in [9.17, 15) is 9.59 Å². The van der Waals surface area contributed by atoms with E-state index in [1.807, 2.05) is 0 Å². The standard InChI is InChI=1S/C11H10Cl2N2O2/c12-7-1-2-8(13)9(4-7)15-5-6(11(14)17)3-10(15)16/h1-2,4,6H,3,5H2,(H2,14,17)/t6-/m1/s1. The highest BCUT2D eigenvalue weighted by Gasteiger charge is 2.34. The number of nitrogens with zero attached hydrogens (tertiary/aromatic N) is 1. The summed E-state index contributed by atoms with van der Waals surface area (Å²) in [6, 6.07) is 4.86. The summed E-state index contributed by atoms with van der Waals surface area (Å²) in [6.07, 6.45) is 0.123. The molecule has 0 bridgehead atoms. The third-order valence-electron chi connectivity index (χ3n) is 2.73. The number of nitrogens with two attached hydrogens (primary N) is 1. The van der Waals surface area contributed by atoms with Crippen LogP contribution in [-0.4, -0.2) is 18.4 Å². The normalized spacial score (nSPS) is 19.8. The highest BCUT2D eigenvalue weighted by molar-refractivity contribution is 6.35. The van der Waals surface area contributed by atoms with E-state index in [0.29, 0.717) is 15.7 Å². The van der Waals surface area contributed by atoms with Crippen LogP contribution in [0.3, 0.4) is 0 Å². The van der Waals surface area contributed by atoms with Crippen molar-refractivity contribution in [3.63, 3.8) is 0 Å². The second kappa shape index (κ2) is 4.55. The van der Waals surface area contributed by atoms with Crippen LogP contribution in [-0.2, 0) is 9.59 Å². The fourth-order valence-corrected chi connectivity index (χ4v) is 2.21. The number of halogens is 2. The molecule has 0 unspecified atom stereocenters. The minimum Gasteiger partial charge on any atom is -0.369 e. The van der Waals surface area contributed by atoms with Crippen LogP contribution in [0.15, 0.2) is 18.2 Å². The number of hydrogen-bond acceptors (Lipinski definition) is 2. The smallest absolute Gasteiger partial charge is 0.227 e. The first-order chi connectivity index (χ1) is 7.99. The molecule has 1 aliphatic rings. The molecule has 1 fully saturated rings. The zero-order valence-electron chi connectivity index (χ0n) is 8.82. The maximum Gasteiger partial charge on any atom is 0.227 e. The van der Waals surface area contributed by atoms with Gasteiger partial charge < -0.3 is 10.6 Å². The summed E-state index contributed by atoms with van der Waals surface area (Å²) in [7, 11) is 0. The van der Waals surface area contributed by atoms with Crippen molar-refractivity contribution in [2.24, 2.45) is 11.7 Å². The van der Waals surface area contributed by atoms with Gasteiger partial charge in [0.25, 0.3) is 0 Å². The van der Waals surface area contributed by atoms with Crippen molar-refractivity contribution in [2.45, 2.75) is 6.42 Å². The van der Waals surface area contributed by atoms with Gasteiger partial charge in [0.2, 0.25) is 11.8 Å². The lowest BCUT2D eigenvalue weighted by Gasteiger charge is -2.17. The Morgan fingerprint density at radius 2 is 2.12 bits per heavy atom. The average molecular weight is 273 g/mol. The fourth-order valence-electron chi connectivity index (χ4n) is 1.82. The average Bonchev–Trinajstić information content (AvgIpc) is 2.64. The molecule has 1 aromatic carbocycles. The second-order valence-electron chi connectivity index (χ2n) is 3.90. The fraction of sp³-hybridized carbons (Fsp3) is 0.273. The molecule has 1 heterocycles. The van der Waals surface area contributed by atoms with Gasteiger partial charge in [0.05, 0.1) is 16.6 Å². The summed E-state index contributed by atoms with van der Waals surface area (Å²) in [6.45, 7) is 0.258. The van der Waals surface area contributed by atoms with Gasteiger partial charge in [-0.1, -0.05) is 23.2 Å². The molecule has 0 aliphatic carbocycles. The molecule has 0 radical (unpaired) electrons. The minimum atomic E-state index is -0.473. The molecule has 0 aromatic heterocycles. The number of rotatable bonds is 2. The van der Waals surface area contributed by atoms with Crippen LogP contribution in [0.2, 0.25) is 10.0 Å². The molecule has 2 amide bonds. The summed E-state index contributed by atoms with van der Waals surface area (Å²) < 4.78 is 0. The molecule has 4 nitrogen and oxygen atoms in total. The lowest BCUT2D eigenvalue weighted by molar-refractivity contribution is -0.123. The summed E-state index contributed by atoms with van der Waals surface area (Å²) >= 11 is 11.9. The van der Waals surface area contributed by atoms with Crippen molar-refractivity contribution < 1.29 is 9.59 Å². The van der Waals surface area contributed by atoms with Gasteiger partial charge in [0, 0.05) is 18.0 Å². The van der Waals surface area contributed by atoms with Crippen LogP contribution in [0, 0.1) is 5.92 Å². The lowest BCUT2D eigenvalue weighted by atomic mass is 10.1. The summed E-state index contributed by atoms with van der Waals surface area (Å²) in [5.41, 5.74) is 5.71. The maximum absolute atomic E-state index is 11.8. The largest absolute Gasteiger partial charge is 0.369 e. The minimum absolute atomic E-state index is 0.123. The highest BCUT2D eigenvalue weighted by Crippen LogP contribution is 2.33. The van der Waals surface area contributed by atoms with E-state index in [0.717, 1.165) is 0 Å². The Bertz CT molecular complexity index is 490. The van der Waals surface area contributed by atoms with Crippen molar-refractivity contribution in [3.8, 4) is 0 Å².